The molecule has 24 heavy (non-hydrogen) atoms. The van der Waals surface area contributed by atoms with Gasteiger partial charge in [0.1, 0.15) is 17.7 Å². The summed E-state index contributed by atoms with van der Waals surface area (Å²) in [6.45, 7) is 3.65. The van der Waals surface area contributed by atoms with Crippen molar-refractivity contribution in [1.82, 2.24) is 20.2 Å². The molecule has 6 heteroatoms. The summed E-state index contributed by atoms with van der Waals surface area (Å²) < 4.78 is 5.86. The third kappa shape index (κ3) is 2.91. The number of nitrogens with one attached hydrogen (secondary N) is 1. The molecule has 1 aromatic carbocycles. The predicted octanol–water partition coefficient (Wildman–Crippen LogP) is 1.86. The second kappa shape index (κ2) is 6.11. The summed E-state index contributed by atoms with van der Waals surface area (Å²) in [6.07, 6.45) is 3.45. The van der Waals surface area contributed by atoms with Gasteiger partial charge in [-0.05, 0) is 18.6 Å². The first-order valence-electron chi connectivity index (χ1n) is 8.28. The zero-order valence-electron chi connectivity index (χ0n) is 13.7. The first kappa shape index (κ1) is 14.9. The third-order valence-corrected chi connectivity index (χ3v) is 4.54. The molecule has 0 saturated heterocycles. The number of fused-ring (bicyclic) bond motifs is 2. The molecule has 1 aromatic heterocycles. The molecule has 4 rings (SSSR count). The normalized spacial score (nSPS) is 18.5. The van der Waals surface area contributed by atoms with Crippen LogP contribution in [0.1, 0.15) is 22.6 Å². The van der Waals surface area contributed by atoms with Crippen molar-refractivity contribution in [3.05, 3.63) is 53.1 Å². The summed E-state index contributed by atoms with van der Waals surface area (Å²) >= 11 is 0. The van der Waals surface area contributed by atoms with Crippen LogP contribution in [0.25, 0.3) is 0 Å². The highest BCUT2D eigenvalue weighted by atomic mass is 16.5. The van der Waals surface area contributed by atoms with Gasteiger partial charge in [-0.15, -0.1) is 0 Å². The van der Waals surface area contributed by atoms with E-state index in [-0.39, 0.29) is 12.1 Å². The number of amides is 2. The van der Waals surface area contributed by atoms with E-state index in [1.807, 2.05) is 36.2 Å². The van der Waals surface area contributed by atoms with Crippen molar-refractivity contribution in [3.8, 4) is 5.75 Å². The molecule has 0 radical (unpaired) electrons. The Morgan fingerprint density at radius 1 is 1.38 bits per heavy atom. The van der Waals surface area contributed by atoms with Crippen molar-refractivity contribution < 1.29 is 9.53 Å². The minimum Gasteiger partial charge on any atom is -0.488 e. The molecule has 0 saturated carbocycles. The van der Waals surface area contributed by atoms with Gasteiger partial charge in [0.25, 0.3) is 0 Å². The third-order valence-electron chi connectivity index (χ3n) is 4.54. The van der Waals surface area contributed by atoms with Crippen LogP contribution in [0.15, 0.2) is 30.5 Å². The van der Waals surface area contributed by atoms with E-state index in [0.717, 1.165) is 35.7 Å². The zero-order chi connectivity index (χ0) is 16.5. The Balaban J connectivity index is 1.32. The summed E-state index contributed by atoms with van der Waals surface area (Å²) in [5, 5.41) is 2.99. The van der Waals surface area contributed by atoms with Crippen molar-refractivity contribution in [3.63, 3.8) is 0 Å². The summed E-state index contributed by atoms with van der Waals surface area (Å²) in [5.41, 5.74) is 3.30. The van der Waals surface area contributed by atoms with E-state index in [2.05, 4.69) is 21.4 Å². The first-order chi connectivity index (χ1) is 11.7. The minimum atomic E-state index is -0.0548. The van der Waals surface area contributed by atoms with Gasteiger partial charge >= 0.3 is 6.03 Å². The van der Waals surface area contributed by atoms with E-state index < -0.39 is 0 Å². The molecule has 6 nitrogen and oxygen atoms in total. The minimum absolute atomic E-state index is 0.00871. The van der Waals surface area contributed by atoms with Gasteiger partial charge in [-0.2, -0.15) is 0 Å². The molecule has 0 unspecified atom stereocenters. The fourth-order valence-electron chi connectivity index (χ4n) is 3.27. The molecule has 2 aliphatic rings. The SMILES string of the molecule is Cc1ncc2c(n1)CCN(C(=O)NC[C@H]1Cc3ccccc3O1)C2. The van der Waals surface area contributed by atoms with E-state index in [0.29, 0.717) is 19.6 Å². The average Bonchev–Trinajstić information content (AvgIpc) is 3.02. The van der Waals surface area contributed by atoms with E-state index in [1.54, 1.807) is 0 Å². The van der Waals surface area contributed by atoms with Crippen LogP contribution in [0.3, 0.4) is 0 Å². The smallest absolute Gasteiger partial charge is 0.317 e. The average molecular weight is 324 g/mol. The molecule has 0 fully saturated rings. The number of hydrogen-bond donors (Lipinski definition) is 1. The fraction of sp³-hybridized carbons (Fsp3) is 0.389. The van der Waals surface area contributed by atoms with Crippen LogP contribution >= 0.6 is 0 Å². The van der Waals surface area contributed by atoms with Gasteiger partial charge in [0.2, 0.25) is 0 Å². The lowest BCUT2D eigenvalue weighted by atomic mass is 10.1. The fourth-order valence-corrected chi connectivity index (χ4v) is 3.27. The molecule has 1 N–H and O–H groups in total. The Labute approximate surface area is 140 Å². The highest BCUT2D eigenvalue weighted by molar-refractivity contribution is 5.74. The van der Waals surface area contributed by atoms with Gasteiger partial charge in [0, 0.05) is 31.1 Å². The topological polar surface area (TPSA) is 67.4 Å². The monoisotopic (exact) mass is 324 g/mol. The summed E-state index contributed by atoms with van der Waals surface area (Å²) in [7, 11) is 0. The lowest BCUT2D eigenvalue weighted by Crippen LogP contribution is -2.45. The van der Waals surface area contributed by atoms with E-state index in [4.69, 9.17) is 4.74 Å². The Morgan fingerprint density at radius 2 is 2.25 bits per heavy atom. The maximum absolute atomic E-state index is 12.4. The molecular weight excluding hydrogens is 304 g/mol. The number of aryl methyl sites for hydroxylation is 1. The summed E-state index contributed by atoms with van der Waals surface area (Å²) in [6, 6.07) is 7.97. The maximum atomic E-state index is 12.4. The largest absolute Gasteiger partial charge is 0.488 e. The zero-order valence-corrected chi connectivity index (χ0v) is 13.7. The van der Waals surface area contributed by atoms with Crippen LogP contribution in [0.4, 0.5) is 4.79 Å². The summed E-state index contributed by atoms with van der Waals surface area (Å²) in [4.78, 5) is 22.9. The van der Waals surface area contributed by atoms with Gasteiger partial charge in [-0.25, -0.2) is 14.8 Å². The highest BCUT2D eigenvalue weighted by Crippen LogP contribution is 2.27. The van der Waals surface area contributed by atoms with Gasteiger partial charge in [0.15, 0.2) is 0 Å². The van der Waals surface area contributed by atoms with Gasteiger partial charge < -0.3 is 15.0 Å². The van der Waals surface area contributed by atoms with Crippen LogP contribution in [0.5, 0.6) is 5.75 Å². The lowest BCUT2D eigenvalue weighted by Gasteiger charge is -2.28. The number of rotatable bonds is 2. The Kier molecular flexibility index (Phi) is 3.80. The number of ether oxygens (including phenoxy) is 1. The number of benzene rings is 1. The molecule has 1 atom stereocenters. The number of aromatic nitrogens is 2. The number of carbonyl (C=O) groups excluding carboxylic acids is 1. The second-order valence-corrected chi connectivity index (χ2v) is 6.30. The van der Waals surface area contributed by atoms with Crippen molar-refractivity contribution in [2.24, 2.45) is 0 Å². The van der Waals surface area contributed by atoms with Crippen molar-refractivity contribution in [1.29, 1.82) is 0 Å². The Morgan fingerprint density at radius 3 is 3.12 bits per heavy atom. The van der Waals surface area contributed by atoms with Gasteiger partial charge in [-0.3, -0.25) is 0 Å². The number of nitrogens with zero attached hydrogens (tertiary/aromatic N) is 3. The summed E-state index contributed by atoms with van der Waals surface area (Å²) in [5.74, 6) is 1.71. The molecule has 0 bridgehead atoms. The molecule has 2 aliphatic heterocycles. The van der Waals surface area contributed by atoms with Crippen molar-refractivity contribution >= 4 is 6.03 Å². The maximum Gasteiger partial charge on any atom is 0.317 e. The van der Waals surface area contributed by atoms with E-state index in [9.17, 15) is 4.79 Å². The number of carbonyl (C=O) groups is 1. The number of hydrogen-bond acceptors (Lipinski definition) is 4. The molecule has 3 heterocycles. The molecule has 2 amide bonds. The molecule has 0 spiro atoms. The quantitative estimate of drug-likeness (QED) is 0.915. The number of para-hydroxylation sites is 1. The highest BCUT2D eigenvalue weighted by Gasteiger charge is 2.25. The van der Waals surface area contributed by atoms with E-state index >= 15 is 0 Å². The Bertz CT molecular complexity index is 752. The number of urea groups is 1. The Hall–Kier alpha value is -2.63. The van der Waals surface area contributed by atoms with Crippen LogP contribution in [0, 0.1) is 6.92 Å². The van der Waals surface area contributed by atoms with Gasteiger partial charge in [0.05, 0.1) is 18.8 Å². The van der Waals surface area contributed by atoms with Crippen LogP contribution in [-0.4, -0.2) is 40.1 Å². The standard InChI is InChI=1S/C18H20N4O2/c1-12-19-9-14-11-22(7-6-16(14)21-12)18(23)20-10-15-8-13-4-2-3-5-17(13)24-15/h2-5,9,15H,6-8,10-11H2,1H3,(H,20,23)/t15-/m1/s1. The van der Waals surface area contributed by atoms with Crippen LogP contribution in [0.2, 0.25) is 0 Å². The van der Waals surface area contributed by atoms with Crippen LogP contribution < -0.4 is 10.1 Å². The molecule has 124 valence electrons. The van der Waals surface area contributed by atoms with Crippen molar-refractivity contribution in [2.75, 3.05) is 13.1 Å². The molecule has 2 aromatic rings. The van der Waals surface area contributed by atoms with Crippen molar-refractivity contribution in [2.45, 2.75) is 32.4 Å². The van der Waals surface area contributed by atoms with E-state index in [1.165, 1.54) is 5.56 Å². The first-order valence-corrected chi connectivity index (χ1v) is 8.28. The molecular formula is C18H20N4O2. The lowest BCUT2D eigenvalue weighted by molar-refractivity contribution is 0.179. The van der Waals surface area contributed by atoms with Gasteiger partial charge in [-0.1, -0.05) is 18.2 Å². The predicted molar refractivity (Wildman–Crippen MR) is 88.8 cm³/mol. The molecule has 0 aliphatic carbocycles. The van der Waals surface area contributed by atoms with Crippen LogP contribution in [-0.2, 0) is 19.4 Å². The second-order valence-electron chi connectivity index (χ2n) is 6.30.